The number of halogens is 1. The van der Waals surface area contributed by atoms with Crippen LogP contribution in [0, 0.1) is 0 Å². The van der Waals surface area contributed by atoms with Crippen LogP contribution in [0.2, 0.25) is 5.15 Å². The van der Waals surface area contributed by atoms with E-state index in [0.29, 0.717) is 27.4 Å². The molecule has 5 nitrogen and oxygen atoms in total. The molecule has 1 aliphatic carbocycles. The summed E-state index contributed by atoms with van der Waals surface area (Å²) in [5.41, 5.74) is 3.85. The number of aromatic nitrogens is 2. The van der Waals surface area contributed by atoms with Crippen LogP contribution in [0.5, 0.6) is 0 Å². The third kappa shape index (κ3) is 2.56. The number of hydrogen-bond donors (Lipinski definition) is 2. The minimum Gasteiger partial charge on any atom is -0.361 e. The van der Waals surface area contributed by atoms with E-state index in [-0.39, 0.29) is 6.04 Å². The fraction of sp³-hybridized carbons (Fsp3) is 0.120. The molecule has 2 aromatic carbocycles. The van der Waals surface area contributed by atoms with Crippen molar-refractivity contribution in [2.75, 3.05) is 0 Å². The Hall–Kier alpha value is -3.57. The number of para-hydroxylation sites is 2. The number of nitrogens with one attached hydrogen (secondary N) is 2. The van der Waals surface area contributed by atoms with Crippen LogP contribution in [0.3, 0.4) is 0 Å². The van der Waals surface area contributed by atoms with Crippen molar-refractivity contribution in [3.63, 3.8) is 0 Å². The molecule has 152 valence electrons. The molecule has 0 spiro atoms. The van der Waals surface area contributed by atoms with E-state index in [1.54, 1.807) is 6.20 Å². The van der Waals surface area contributed by atoms with Crippen LogP contribution in [0.1, 0.15) is 30.0 Å². The molecule has 6 rings (SSSR count). The van der Waals surface area contributed by atoms with Gasteiger partial charge in [0.2, 0.25) is 0 Å². The largest absolute Gasteiger partial charge is 0.361 e. The zero-order valence-electron chi connectivity index (χ0n) is 16.5. The lowest BCUT2D eigenvalue weighted by molar-refractivity contribution is -0.122. The average molecular weight is 428 g/mol. The molecule has 3 heterocycles. The van der Waals surface area contributed by atoms with Crippen molar-refractivity contribution >= 4 is 56.4 Å². The van der Waals surface area contributed by atoms with Crippen LogP contribution in [0.15, 0.2) is 66.9 Å². The summed E-state index contributed by atoms with van der Waals surface area (Å²) in [4.78, 5) is 29.2. The Labute approximate surface area is 183 Å². The molecule has 0 radical (unpaired) electrons. The minimum absolute atomic E-state index is 0.128. The fourth-order valence-electron chi connectivity index (χ4n) is 4.86. The van der Waals surface area contributed by atoms with Crippen molar-refractivity contribution in [3.8, 4) is 0 Å². The Morgan fingerprint density at radius 2 is 1.68 bits per heavy atom. The molecule has 1 aliphatic heterocycles. The van der Waals surface area contributed by atoms with Crippen LogP contribution >= 0.6 is 11.6 Å². The first kappa shape index (κ1) is 18.2. The highest BCUT2D eigenvalue weighted by atomic mass is 35.5. The topological polar surface area (TPSA) is 66.9 Å². The van der Waals surface area contributed by atoms with Crippen molar-refractivity contribution < 1.29 is 9.59 Å². The van der Waals surface area contributed by atoms with E-state index in [1.165, 1.54) is 0 Å². The van der Waals surface area contributed by atoms with Gasteiger partial charge in [0, 0.05) is 33.6 Å². The van der Waals surface area contributed by atoms with Crippen LogP contribution in [0.25, 0.3) is 33.0 Å². The van der Waals surface area contributed by atoms with Gasteiger partial charge >= 0.3 is 0 Å². The Kier molecular flexibility index (Phi) is 3.95. The molecule has 0 saturated heterocycles. The second-order valence-corrected chi connectivity index (χ2v) is 8.27. The SMILES string of the molecule is O=C1NC(=O)C(c2c(Cl)n(C3C=CCC3)c3ccccc23)=C1c1c[nH]c2ccccc12. The molecule has 31 heavy (non-hydrogen) atoms. The number of amides is 2. The van der Waals surface area contributed by atoms with Gasteiger partial charge in [0.25, 0.3) is 11.8 Å². The molecule has 0 saturated carbocycles. The summed E-state index contributed by atoms with van der Waals surface area (Å²) in [7, 11) is 0. The number of fused-ring (bicyclic) bond motifs is 2. The molecule has 4 aromatic rings. The third-order valence-electron chi connectivity index (χ3n) is 6.21. The monoisotopic (exact) mass is 427 g/mol. The number of hydrogen-bond acceptors (Lipinski definition) is 2. The summed E-state index contributed by atoms with van der Waals surface area (Å²) in [6.45, 7) is 0. The smallest absolute Gasteiger partial charge is 0.259 e. The van der Waals surface area contributed by atoms with Gasteiger partial charge in [-0.1, -0.05) is 60.2 Å². The summed E-state index contributed by atoms with van der Waals surface area (Å²) < 4.78 is 2.08. The highest BCUT2D eigenvalue weighted by Crippen LogP contribution is 2.44. The molecule has 2 aromatic heterocycles. The Morgan fingerprint density at radius 1 is 0.935 bits per heavy atom. The van der Waals surface area contributed by atoms with E-state index in [0.717, 1.165) is 34.6 Å². The van der Waals surface area contributed by atoms with Crippen molar-refractivity contribution in [1.82, 2.24) is 14.9 Å². The number of benzene rings is 2. The lowest BCUT2D eigenvalue weighted by Crippen LogP contribution is -2.22. The molecule has 1 unspecified atom stereocenters. The van der Waals surface area contributed by atoms with E-state index in [2.05, 4.69) is 27.0 Å². The minimum atomic E-state index is -0.419. The highest BCUT2D eigenvalue weighted by Gasteiger charge is 2.37. The maximum absolute atomic E-state index is 13.1. The lowest BCUT2D eigenvalue weighted by Gasteiger charge is -2.14. The fourth-order valence-corrected chi connectivity index (χ4v) is 5.27. The molecular formula is C25H18ClN3O2. The van der Waals surface area contributed by atoms with Crippen LogP contribution in [-0.2, 0) is 9.59 Å². The highest BCUT2D eigenvalue weighted by molar-refractivity contribution is 6.52. The van der Waals surface area contributed by atoms with Gasteiger partial charge in [0.05, 0.1) is 22.7 Å². The van der Waals surface area contributed by atoms with Crippen molar-refractivity contribution in [3.05, 3.63) is 83.2 Å². The quantitative estimate of drug-likeness (QED) is 0.347. The third-order valence-corrected chi connectivity index (χ3v) is 6.58. The number of rotatable bonds is 3. The molecule has 0 bridgehead atoms. The van der Waals surface area contributed by atoms with E-state index >= 15 is 0 Å². The molecule has 6 heteroatoms. The number of nitrogens with zero attached hydrogens (tertiary/aromatic N) is 1. The van der Waals surface area contributed by atoms with Gasteiger partial charge in [0.15, 0.2) is 0 Å². The number of allylic oxidation sites excluding steroid dienone is 2. The molecule has 1 atom stereocenters. The molecule has 2 amide bonds. The van der Waals surface area contributed by atoms with Crippen LogP contribution < -0.4 is 5.32 Å². The van der Waals surface area contributed by atoms with Gasteiger partial charge in [-0.3, -0.25) is 14.9 Å². The second kappa shape index (κ2) is 6.72. The standard InChI is InChI=1S/C25H18ClN3O2/c26-23-20(16-10-4-6-12-19(16)29(23)14-7-1-2-8-14)22-21(24(30)28-25(22)31)17-13-27-18-11-5-3-9-15(17)18/h1,3-7,9-14,27H,2,8H2,(H,28,30,31). The summed E-state index contributed by atoms with van der Waals surface area (Å²) in [5, 5.41) is 4.73. The molecular weight excluding hydrogens is 410 g/mol. The van der Waals surface area contributed by atoms with Crippen molar-refractivity contribution in [2.45, 2.75) is 18.9 Å². The number of aromatic amines is 1. The van der Waals surface area contributed by atoms with E-state index in [9.17, 15) is 9.59 Å². The Balaban J connectivity index is 1.69. The van der Waals surface area contributed by atoms with Gasteiger partial charge in [0.1, 0.15) is 5.15 Å². The lowest BCUT2D eigenvalue weighted by atomic mass is 9.95. The van der Waals surface area contributed by atoms with Gasteiger partial charge in [-0.05, 0) is 25.0 Å². The number of imide groups is 1. The van der Waals surface area contributed by atoms with Gasteiger partial charge < -0.3 is 9.55 Å². The number of carbonyl (C=O) groups excluding carboxylic acids is 2. The average Bonchev–Trinajstić information content (AvgIpc) is 3.53. The summed E-state index contributed by atoms with van der Waals surface area (Å²) in [5.74, 6) is -0.824. The van der Waals surface area contributed by atoms with Gasteiger partial charge in [-0.25, -0.2) is 0 Å². The normalized spacial score (nSPS) is 18.7. The summed E-state index contributed by atoms with van der Waals surface area (Å²) >= 11 is 6.97. The molecule has 2 N–H and O–H groups in total. The maximum Gasteiger partial charge on any atom is 0.259 e. The van der Waals surface area contributed by atoms with E-state index in [1.807, 2.05) is 48.5 Å². The van der Waals surface area contributed by atoms with Gasteiger partial charge in [-0.2, -0.15) is 0 Å². The molecule has 0 fully saturated rings. The van der Waals surface area contributed by atoms with E-state index < -0.39 is 11.8 Å². The van der Waals surface area contributed by atoms with Crippen LogP contribution in [-0.4, -0.2) is 21.4 Å². The molecule has 2 aliphatic rings. The Morgan fingerprint density at radius 3 is 2.48 bits per heavy atom. The zero-order valence-corrected chi connectivity index (χ0v) is 17.2. The Bertz CT molecular complexity index is 1470. The number of carbonyl (C=O) groups is 2. The van der Waals surface area contributed by atoms with E-state index in [4.69, 9.17) is 11.6 Å². The van der Waals surface area contributed by atoms with Crippen molar-refractivity contribution in [1.29, 1.82) is 0 Å². The van der Waals surface area contributed by atoms with Gasteiger partial charge in [-0.15, -0.1) is 0 Å². The second-order valence-electron chi connectivity index (χ2n) is 7.91. The first-order valence-corrected chi connectivity index (χ1v) is 10.6. The predicted octanol–water partition coefficient (Wildman–Crippen LogP) is 5.23. The first-order valence-electron chi connectivity index (χ1n) is 10.3. The van der Waals surface area contributed by atoms with Crippen LogP contribution in [0.4, 0.5) is 0 Å². The predicted molar refractivity (Wildman–Crippen MR) is 123 cm³/mol. The summed E-state index contributed by atoms with van der Waals surface area (Å²) in [6, 6.07) is 15.7. The zero-order chi connectivity index (χ0) is 21.1. The first-order chi connectivity index (χ1) is 15.1. The maximum atomic E-state index is 13.1. The van der Waals surface area contributed by atoms with Crippen molar-refractivity contribution in [2.24, 2.45) is 0 Å². The number of H-pyrrole nitrogens is 1. The summed E-state index contributed by atoms with van der Waals surface area (Å²) in [6.07, 6.45) is 8.03.